The summed E-state index contributed by atoms with van der Waals surface area (Å²) in [5, 5.41) is 2.74. The van der Waals surface area contributed by atoms with E-state index < -0.39 is 23.5 Å². The number of nitrogens with one attached hydrogen (secondary N) is 3. The molecule has 252 valence electrons. The van der Waals surface area contributed by atoms with Crippen molar-refractivity contribution in [1.82, 2.24) is 26.1 Å². The maximum Gasteiger partial charge on any atom is 0.280 e. The number of carbonyl (C=O) groups is 2. The minimum Gasteiger partial charge on any atom is -0.494 e. The van der Waals surface area contributed by atoms with Gasteiger partial charge in [0.05, 0.1) is 25.4 Å². The first-order valence-corrected chi connectivity index (χ1v) is 17.0. The second-order valence-corrected chi connectivity index (χ2v) is 13.2. The number of carbonyl (C=O) groups excluding carboxylic acids is 2. The van der Waals surface area contributed by atoms with Crippen LogP contribution in [-0.4, -0.2) is 52.7 Å². The van der Waals surface area contributed by atoms with Crippen molar-refractivity contribution in [2.24, 2.45) is 17.3 Å². The van der Waals surface area contributed by atoms with E-state index in [1.165, 1.54) is 37.3 Å². The summed E-state index contributed by atoms with van der Waals surface area (Å²) in [6.45, 7) is 15.2. The van der Waals surface area contributed by atoms with Gasteiger partial charge >= 0.3 is 0 Å². The number of methoxy groups -OCH3 is 1. The standard InChI is InChI=1S/C30H36F2N6O3S.2C2H6/c1-30(2,3)18-9-10-38(16-19(39)11-18)25-13-20(21-12-23(27(31)32)33-15-24(21)41-4)22(14-34-25)28(40)35-29-37-36-26(42-29)8-7-17-5-6-17;2*1-2/h12-15,17-18,26-27,29,36-37H,5-6,9-11,16H2,1-4H3,(H,35,40);2*1-2H3. The van der Waals surface area contributed by atoms with Crippen LogP contribution in [0.15, 0.2) is 24.5 Å². The molecule has 3 fully saturated rings. The molecular formula is C34H48F2N6O3S. The van der Waals surface area contributed by atoms with E-state index >= 15 is 0 Å². The molecule has 3 unspecified atom stereocenters. The number of nitrogens with zero attached hydrogens (tertiary/aromatic N) is 3. The van der Waals surface area contributed by atoms with Crippen molar-refractivity contribution >= 4 is 29.3 Å². The molecule has 0 radical (unpaired) electrons. The Morgan fingerprint density at radius 1 is 1.07 bits per heavy atom. The number of hydrogen-bond donors (Lipinski definition) is 3. The molecule has 46 heavy (non-hydrogen) atoms. The summed E-state index contributed by atoms with van der Waals surface area (Å²) in [6, 6.07) is 2.90. The lowest BCUT2D eigenvalue weighted by Crippen LogP contribution is -2.43. The topological polar surface area (TPSA) is 108 Å². The van der Waals surface area contributed by atoms with Gasteiger partial charge in [-0.25, -0.2) is 24.6 Å². The van der Waals surface area contributed by atoms with Gasteiger partial charge in [-0.3, -0.25) is 14.6 Å². The molecule has 9 nitrogen and oxygen atoms in total. The third kappa shape index (κ3) is 9.86. The van der Waals surface area contributed by atoms with E-state index in [1.807, 2.05) is 32.6 Å². The molecule has 1 aliphatic carbocycles. The van der Waals surface area contributed by atoms with Crippen LogP contribution in [0.3, 0.4) is 0 Å². The number of ether oxygens (including phenoxy) is 1. The maximum absolute atomic E-state index is 13.7. The number of alkyl halides is 2. The molecule has 3 aliphatic rings. The van der Waals surface area contributed by atoms with Crippen molar-refractivity contribution in [3.8, 4) is 28.7 Å². The second kappa shape index (κ2) is 17.0. The number of hydrogen-bond acceptors (Lipinski definition) is 9. The number of amides is 1. The van der Waals surface area contributed by atoms with Crippen LogP contribution in [0.1, 0.15) is 96.6 Å². The Morgan fingerprint density at radius 2 is 1.78 bits per heavy atom. The fourth-order valence-corrected chi connectivity index (χ4v) is 5.92. The highest BCUT2D eigenvalue weighted by molar-refractivity contribution is 8.00. The monoisotopic (exact) mass is 658 g/mol. The quantitative estimate of drug-likeness (QED) is 0.297. The Morgan fingerprint density at radius 3 is 2.41 bits per heavy atom. The summed E-state index contributed by atoms with van der Waals surface area (Å²) in [7, 11) is 1.41. The highest BCUT2D eigenvalue weighted by Crippen LogP contribution is 2.38. The van der Waals surface area contributed by atoms with Crippen molar-refractivity contribution in [3.05, 3.63) is 35.8 Å². The van der Waals surface area contributed by atoms with Gasteiger partial charge in [0.2, 0.25) is 0 Å². The van der Waals surface area contributed by atoms with Crippen molar-refractivity contribution in [2.75, 3.05) is 25.1 Å². The van der Waals surface area contributed by atoms with Gasteiger partial charge in [0.1, 0.15) is 28.1 Å². The van der Waals surface area contributed by atoms with E-state index in [0.29, 0.717) is 30.3 Å². The summed E-state index contributed by atoms with van der Waals surface area (Å²) >= 11 is 1.42. The van der Waals surface area contributed by atoms with Gasteiger partial charge in [0.25, 0.3) is 12.3 Å². The van der Waals surface area contributed by atoms with Crippen LogP contribution in [0.2, 0.25) is 0 Å². The first kappa shape index (κ1) is 37.2. The van der Waals surface area contributed by atoms with E-state index in [4.69, 9.17) is 4.74 Å². The number of hydrazine groups is 1. The number of ketones is 1. The van der Waals surface area contributed by atoms with Crippen LogP contribution in [0.4, 0.5) is 14.6 Å². The van der Waals surface area contributed by atoms with Gasteiger partial charge < -0.3 is 15.0 Å². The fraction of sp³-hybridized carbons (Fsp3) is 0.588. The number of Topliss-reactive ketones (excluding diaryl/α,β-unsaturated/α-hetero) is 1. The molecule has 3 N–H and O–H groups in total. The van der Waals surface area contributed by atoms with Gasteiger partial charge in [0.15, 0.2) is 5.78 Å². The lowest BCUT2D eigenvalue weighted by molar-refractivity contribution is -0.119. The van der Waals surface area contributed by atoms with Gasteiger partial charge in [-0.05, 0) is 42.7 Å². The molecule has 2 saturated heterocycles. The average Bonchev–Trinajstić information content (AvgIpc) is 3.82. The van der Waals surface area contributed by atoms with E-state index in [-0.39, 0.29) is 45.9 Å². The molecule has 4 heterocycles. The lowest BCUT2D eigenvalue weighted by Gasteiger charge is -2.29. The number of halogens is 2. The zero-order chi connectivity index (χ0) is 34.0. The summed E-state index contributed by atoms with van der Waals surface area (Å²) < 4.78 is 32.9. The predicted octanol–water partition coefficient (Wildman–Crippen LogP) is 6.57. The summed E-state index contributed by atoms with van der Waals surface area (Å²) in [4.78, 5) is 36.8. The van der Waals surface area contributed by atoms with Crippen LogP contribution in [0.5, 0.6) is 5.75 Å². The van der Waals surface area contributed by atoms with Crippen LogP contribution in [-0.2, 0) is 4.79 Å². The van der Waals surface area contributed by atoms with Crippen molar-refractivity contribution in [2.45, 2.75) is 91.4 Å². The Balaban J connectivity index is 0.00000139. The molecule has 2 aromatic heterocycles. The molecule has 1 amide bonds. The molecular weight excluding hydrogens is 610 g/mol. The SMILES string of the molecule is CC.CC.COc1cnc(C(F)F)cc1-c1cc(N2CCC(C(C)(C)C)CC(=O)C2)ncc1C(=O)NC1NNC(C#CC2CC2)S1. The smallest absolute Gasteiger partial charge is 0.280 e. The lowest BCUT2D eigenvalue weighted by atomic mass is 9.76. The van der Waals surface area contributed by atoms with Crippen molar-refractivity contribution in [1.29, 1.82) is 0 Å². The summed E-state index contributed by atoms with van der Waals surface area (Å²) in [5.74, 6) is 7.42. The van der Waals surface area contributed by atoms with Crippen LogP contribution in [0, 0.1) is 29.1 Å². The first-order chi connectivity index (χ1) is 22.0. The molecule has 5 rings (SSSR count). The van der Waals surface area contributed by atoms with Gasteiger partial charge in [-0.15, -0.1) is 0 Å². The Hall–Kier alpha value is -3.27. The first-order valence-electron chi connectivity index (χ1n) is 16.1. The van der Waals surface area contributed by atoms with E-state index in [0.717, 1.165) is 19.3 Å². The van der Waals surface area contributed by atoms with Gasteiger partial charge in [-0.1, -0.05) is 72.1 Å². The Labute approximate surface area is 276 Å². The van der Waals surface area contributed by atoms with Crippen molar-refractivity contribution in [3.63, 3.8) is 0 Å². The summed E-state index contributed by atoms with van der Waals surface area (Å²) in [6.07, 6.45) is 3.36. The number of anilines is 1. The minimum absolute atomic E-state index is 0.0219. The molecule has 12 heteroatoms. The number of aromatic nitrogens is 2. The molecule has 1 saturated carbocycles. The minimum atomic E-state index is -2.82. The highest BCUT2D eigenvalue weighted by atomic mass is 32.2. The number of rotatable bonds is 6. The van der Waals surface area contributed by atoms with Crippen LogP contribution >= 0.6 is 11.8 Å². The highest BCUT2D eigenvalue weighted by Gasteiger charge is 2.32. The second-order valence-electron chi connectivity index (χ2n) is 11.9. The molecule has 0 bridgehead atoms. The summed E-state index contributed by atoms with van der Waals surface area (Å²) in [5.41, 5.74) is 5.96. The van der Waals surface area contributed by atoms with E-state index in [2.05, 4.69) is 58.7 Å². The zero-order valence-electron chi connectivity index (χ0n) is 28.2. The third-order valence-electron chi connectivity index (χ3n) is 7.77. The average molecular weight is 659 g/mol. The zero-order valence-corrected chi connectivity index (χ0v) is 29.0. The van der Waals surface area contributed by atoms with Crippen LogP contribution in [0.25, 0.3) is 11.1 Å². The Kier molecular flexibility index (Phi) is 13.8. The van der Waals surface area contributed by atoms with Crippen LogP contribution < -0.4 is 25.8 Å². The van der Waals surface area contributed by atoms with Gasteiger partial charge in [-0.2, -0.15) is 0 Å². The van der Waals surface area contributed by atoms with Gasteiger partial charge in [0, 0.05) is 36.2 Å². The largest absolute Gasteiger partial charge is 0.494 e. The molecule has 0 spiro atoms. The Bertz CT molecular complexity index is 1400. The molecule has 0 aromatic carbocycles. The molecule has 2 aromatic rings. The third-order valence-corrected chi connectivity index (χ3v) is 8.79. The van der Waals surface area contributed by atoms with E-state index in [9.17, 15) is 18.4 Å². The number of thioether (sulfide) groups is 1. The molecule has 3 atom stereocenters. The maximum atomic E-state index is 13.7. The van der Waals surface area contributed by atoms with E-state index in [1.54, 1.807) is 6.07 Å². The predicted molar refractivity (Wildman–Crippen MR) is 180 cm³/mol. The fourth-order valence-electron chi connectivity index (χ4n) is 5.07. The molecule has 2 aliphatic heterocycles. The number of pyridine rings is 2. The normalized spacial score (nSPS) is 21.2. The van der Waals surface area contributed by atoms with Crippen molar-refractivity contribution < 1.29 is 23.1 Å².